The van der Waals surface area contributed by atoms with Crippen molar-refractivity contribution in [2.45, 2.75) is 0 Å². The summed E-state index contributed by atoms with van der Waals surface area (Å²) >= 11 is 0. The van der Waals surface area contributed by atoms with Crippen LogP contribution in [-0.2, 0) is 0 Å². The lowest BCUT2D eigenvalue weighted by Crippen LogP contribution is -1.93. The molecule has 0 fully saturated rings. The number of hydrogen-bond acceptors (Lipinski definition) is 1. The molecule has 0 aliphatic carbocycles. The second-order valence-electron chi connectivity index (χ2n) is 19.4. The fourth-order valence-corrected chi connectivity index (χ4v) is 12.6. The van der Waals surface area contributed by atoms with Crippen LogP contribution in [0.25, 0.3) is 164 Å². The van der Waals surface area contributed by atoms with Crippen molar-refractivity contribution in [2.24, 2.45) is 0 Å². The van der Waals surface area contributed by atoms with Gasteiger partial charge >= 0.3 is 0 Å². The summed E-state index contributed by atoms with van der Waals surface area (Å²) in [6.45, 7) is 0. The quantitative estimate of drug-likeness (QED) is 0.157. The minimum atomic E-state index is 0.898. The summed E-state index contributed by atoms with van der Waals surface area (Å²) in [4.78, 5) is 0. The molecule has 16 rings (SSSR count). The Bertz CT molecular complexity index is 4830. The Labute approximate surface area is 408 Å². The Balaban J connectivity index is 1.03. The van der Waals surface area contributed by atoms with Crippen molar-refractivity contribution < 1.29 is 4.42 Å². The molecular formula is C70H40O. The monoisotopic (exact) mass is 896 g/mol. The van der Waals surface area contributed by atoms with Crippen LogP contribution in [0, 0.1) is 0 Å². The molecule has 15 aromatic carbocycles. The summed E-state index contributed by atoms with van der Waals surface area (Å²) in [6, 6.07) is 90.6. The normalized spacial score (nSPS) is 12.2. The Morgan fingerprint density at radius 1 is 0.197 bits per heavy atom. The average molecular weight is 897 g/mol. The molecule has 71 heavy (non-hydrogen) atoms. The third-order valence-corrected chi connectivity index (χ3v) is 15.7. The van der Waals surface area contributed by atoms with Gasteiger partial charge in [0.1, 0.15) is 11.2 Å². The summed E-state index contributed by atoms with van der Waals surface area (Å²) in [5, 5.41) is 22.5. The van der Waals surface area contributed by atoms with E-state index in [1.54, 1.807) is 0 Å². The van der Waals surface area contributed by atoms with Crippen LogP contribution in [0.15, 0.2) is 247 Å². The van der Waals surface area contributed by atoms with E-state index < -0.39 is 0 Å². The Hall–Kier alpha value is -9.30. The van der Waals surface area contributed by atoms with Crippen LogP contribution in [0.4, 0.5) is 0 Å². The number of rotatable bonds is 5. The van der Waals surface area contributed by atoms with Gasteiger partial charge in [0, 0.05) is 16.3 Å². The van der Waals surface area contributed by atoms with Gasteiger partial charge in [-0.15, -0.1) is 0 Å². The first-order chi connectivity index (χ1) is 35.2. The molecule has 0 atom stereocenters. The zero-order valence-electron chi connectivity index (χ0n) is 38.5. The summed E-state index contributed by atoms with van der Waals surface area (Å²) < 4.78 is 6.79. The topological polar surface area (TPSA) is 13.1 Å². The van der Waals surface area contributed by atoms with E-state index in [1.165, 1.54) is 125 Å². The highest BCUT2D eigenvalue weighted by atomic mass is 16.3. The molecule has 1 nitrogen and oxygen atoms in total. The summed E-state index contributed by atoms with van der Waals surface area (Å²) in [6.07, 6.45) is 0. The third kappa shape index (κ3) is 5.57. The van der Waals surface area contributed by atoms with Crippen LogP contribution in [-0.4, -0.2) is 0 Å². The predicted octanol–water partition coefficient (Wildman–Crippen LogP) is 20.0. The van der Waals surface area contributed by atoms with Crippen molar-refractivity contribution in [2.75, 3.05) is 0 Å². The molecule has 0 amide bonds. The maximum absolute atomic E-state index is 6.79. The highest BCUT2D eigenvalue weighted by Crippen LogP contribution is 2.49. The molecule has 0 spiro atoms. The van der Waals surface area contributed by atoms with Gasteiger partial charge in [-0.3, -0.25) is 0 Å². The zero-order chi connectivity index (χ0) is 46.3. The largest absolute Gasteiger partial charge is 0.455 e. The first-order valence-corrected chi connectivity index (χ1v) is 24.6. The van der Waals surface area contributed by atoms with E-state index in [4.69, 9.17) is 4.42 Å². The van der Waals surface area contributed by atoms with Crippen molar-refractivity contribution in [3.05, 3.63) is 243 Å². The Morgan fingerprint density at radius 3 is 1.21 bits per heavy atom. The summed E-state index contributed by atoms with van der Waals surface area (Å²) in [5.74, 6) is 0. The molecule has 0 saturated carbocycles. The fraction of sp³-hybridized carbons (Fsp3) is 0. The van der Waals surface area contributed by atoms with Crippen molar-refractivity contribution in [1.82, 2.24) is 0 Å². The van der Waals surface area contributed by atoms with Crippen LogP contribution in [0.5, 0.6) is 0 Å². The molecule has 16 aromatic rings. The number of benzene rings is 15. The molecule has 326 valence electrons. The molecule has 0 saturated heterocycles. The van der Waals surface area contributed by atoms with Gasteiger partial charge in [0.15, 0.2) is 0 Å². The van der Waals surface area contributed by atoms with Crippen molar-refractivity contribution in [3.63, 3.8) is 0 Å². The van der Waals surface area contributed by atoms with Gasteiger partial charge in [0.25, 0.3) is 0 Å². The van der Waals surface area contributed by atoms with Crippen LogP contribution in [0.1, 0.15) is 0 Å². The second-order valence-corrected chi connectivity index (χ2v) is 19.4. The van der Waals surface area contributed by atoms with E-state index in [9.17, 15) is 0 Å². The van der Waals surface area contributed by atoms with Gasteiger partial charge in [-0.05, 0) is 167 Å². The van der Waals surface area contributed by atoms with Gasteiger partial charge < -0.3 is 4.42 Å². The lowest BCUT2D eigenvalue weighted by atomic mass is 9.83. The maximum atomic E-state index is 6.79. The highest BCUT2D eigenvalue weighted by Gasteiger charge is 2.22. The van der Waals surface area contributed by atoms with E-state index >= 15 is 0 Å². The second kappa shape index (κ2) is 14.6. The predicted molar refractivity (Wildman–Crippen MR) is 303 cm³/mol. The van der Waals surface area contributed by atoms with Crippen molar-refractivity contribution >= 4 is 108 Å². The zero-order valence-corrected chi connectivity index (χ0v) is 38.5. The number of para-hydroxylation sites is 2. The lowest BCUT2D eigenvalue weighted by Gasteiger charge is -2.20. The first-order valence-electron chi connectivity index (χ1n) is 24.6. The van der Waals surface area contributed by atoms with Crippen LogP contribution in [0.2, 0.25) is 0 Å². The molecule has 0 bridgehead atoms. The molecule has 1 heterocycles. The molecule has 0 radical (unpaired) electrons. The molecule has 0 N–H and O–H groups in total. The van der Waals surface area contributed by atoms with E-state index in [0.717, 1.165) is 38.6 Å². The minimum Gasteiger partial charge on any atom is -0.455 e. The molecule has 1 aromatic heterocycles. The fourth-order valence-electron chi connectivity index (χ4n) is 12.6. The first kappa shape index (κ1) is 38.6. The van der Waals surface area contributed by atoms with E-state index in [-0.39, 0.29) is 0 Å². The summed E-state index contributed by atoms with van der Waals surface area (Å²) in [5.41, 5.74) is 13.7. The van der Waals surface area contributed by atoms with Gasteiger partial charge in [-0.1, -0.05) is 212 Å². The van der Waals surface area contributed by atoms with E-state index in [0.29, 0.717) is 0 Å². The van der Waals surface area contributed by atoms with Crippen molar-refractivity contribution in [3.8, 4) is 55.6 Å². The maximum Gasteiger partial charge on any atom is 0.143 e. The number of fused-ring (bicyclic) bond motifs is 5. The highest BCUT2D eigenvalue weighted by molar-refractivity contribution is 6.28. The molecule has 1 heteroatoms. The van der Waals surface area contributed by atoms with E-state index in [2.05, 4.69) is 243 Å². The van der Waals surface area contributed by atoms with Crippen LogP contribution < -0.4 is 0 Å². The third-order valence-electron chi connectivity index (χ3n) is 15.7. The Morgan fingerprint density at radius 2 is 0.620 bits per heavy atom. The molecule has 0 unspecified atom stereocenters. The van der Waals surface area contributed by atoms with Gasteiger partial charge in [0.2, 0.25) is 0 Å². The smallest absolute Gasteiger partial charge is 0.143 e. The standard InChI is InChI=1S/C70H40O/c1-2-11-41(12-3-1)50-18-8-20-52-61(50)37-48(39-63(52)54-33-29-46-27-25-42-13-6-15-44-31-35-57(54)68(46)66(42)44)49-38-62-51(59-22-10-23-60-56-17-4-5-24-65(56)71-70(59)60)19-9-21-53(62)64(40-49)55-34-30-47-28-26-43-14-7-16-45-32-36-58(55)69(47)67(43)45/h1-40H. The number of furan rings is 1. The van der Waals surface area contributed by atoms with Crippen LogP contribution >= 0.6 is 0 Å². The molecule has 0 aliphatic rings. The van der Waals surface area contributed by atoms with Gasteiger partial charge in [-0.2, -0.15) is 0 Å². The Kier molecular flexibility index (Phi) is 7.95. The molecule has 0 aliphatic heterocycles. The van der Waals surface area contributed by atoms with Gasteiger partial charge in [-0.25, -0.2) is 0 Å². The lowest BCUT2D eigenvalue weighted by molar-refractivity contribution is 0.670. The SMILES string of the molecule is c1ccc(-c2cccc3c(-c4ccc5ccc6cccc7ccc4c5c67)cc(-c4cc(-c5ccc6ccc7cccc8ccc5c6c78)c5cccc(-c6cccc7c6oc6ccccc67)c5c4)cc23)cc1. The molecular weight excluding hydrogens is 857 g/mol. The van der Waals surface area contributed by atoms with Crippen molar-refractivity contribution in [1.29, 1.82) is 0 Å². The number of hydrogen-bond donors (Lipinski definition) is 0. The average Bonchev–Trinajstić information content (AvgIpc) is 3.82. The summed E-state index contributed by atoms with van der Waals surface area (Å²) in [7, 11) is 0. The van der Waals surface area contributed by atoms with E-state index in [1.807, 2.05) is 0 Å². The van der Waals surface area contributed by atoms with Crippen LogP contribution in [0.3, 0.4) is 0 Å². The minimum absolute atomic E-state index is 0.898. The van der Waals surface area contributed by atoms with Gasteiger partial charge in [0.05, 0.1) is 0 Å².